The average Bonchev–Trinajstić information content (AvgIpc) is 3.05. The molecule has 0 aromatic carbocycles. The fraction of sp³-hybridized carbons (Fsp3) is 0.714. The number of amides is 1. The van der Waals surface area contributed by atoms with E-state index >= 15 is 0 Å². The van der Waals surface area contributed by atoms with Gasteiger partial charge in [0.05, 0.1) is 12.1 Å². The molecule has 2 aliphatic carbocycles. The van der Waals surface area contributed by atoms with Crippen LogP contribution in [-0.4, -0.2) is 28.3 Å². The molecular formula is C14H20N2O3. The Balaban J connectivity index is 1.78. The number of carbonyl (C=O) groups excluding carboxylic acids is 1. The zero-order valence-electron chi connectivity index (χ0n) is 11.1. The van der Waals surface area contributed by atoms with Crippen LogP contribution in [0.1, 0.15) is 60.3 Å². The van der Waals surface area contributed by atoms with Gasteiger partial charge in [-0.1, -0.05) is 18.0 Å². The molecule has 2 aliphatic rings. The monoisotopic (exact) mass is 264 g/mol. The first-order chi connectivity index (χ1) is 9.24. The molecule has 19 heavy (non-hydrogen) atoms. The number of nitrogens with zero attached hydrogens (tertiary/aromatic N) is 1. The second-order valence-corrected chi connectivity index (χ2v) is 5.74. The summed E-state index contributed by atoms with van der Waals surface area (Å²) >= 11 is 0. The first-order valence-electron chi connectivity index (χ1n) is 7.15. The van der Waals surface area contributed by atoms with Gasteiger partial charge in [0, 0.05) is 12.0 Å². The normalized spacial score (nSPS) is 21.1. The van der Waals surface area contributed by atoms with Gasteiger partial charge in [-0.05, 0) is 32.1 Å². The molecule has 0 atom stereocenters. The first kappa shape index (κ1) is 12.7. The fourth-order valence-electron chi connectivity index (χ4n) is 3.24. The lowest BCUT2D eigenvalue weighted by Gasteiger charge is -2.27. The van der Waals surface area contributed by atoms with E-state index in [4.69, 9.17) is 4.52 Å². The Kier molecular flexibility index (Phi) is 3.31. The van der Waals surface area contributed by atoms with E-state index in [0.717, 1.165) is 62.7 Å². The molecule has 0 spiro atoms. The summed E-state index contributed by atoms with van der Waals surface area (Å²) in [6, 6.07) is 0. The Bertz CT molecular complexity index is 475. The number of aryl methyl sites for hydroxylation is 1. The van der Waals surface area contributed by atoms with E-state index in [1.807, 2.05) is 0 Å². The first-order valence-corrected chi connectivity index (χ1v) is 7.15. The second-order valence-electron chi connectivity index (χ2n) is 5.74. The molecule has 5 heteroatoms. The zero-order chi connectivity index (χ0) is 13.3. The fourth-order valence-corrected chi connectivity index (χ4v) is 3.24. The van der Waals surface area contributed by atoms with Crippen molar-refractivity contribution in [3.8, 4) is 0 Å². The maximum Gasteiger partial charge on any atom is 0.274 e. The lowest BCUT2D eigenvalue weighted by molar-refractivity contribution is 0.0828. The lowest BCUT2D eigenvalue weighted by Crippen LogP contribution is -2.49. The van der Waals surface area contributed by atoms with Crippen molar-refractivity contribution in [2.75, 3.05) is 6.61 Å². The highest BCUT2D eigenvalue weighted by atomic mass is 16.5. The van der Waals surface area contributed by atoms with E-state index < -0.39 is 5.54 Å². The average molecular weight is 264 g/mol. The van der Waals surface area contributed by atoms with Crippen LogP contribution in [0.2, 0.25) is 0 Å². The number of rotatable bonds is 3. The summed E-state index contributed by atoms with van der Waals surface area (Å²) in [6.07, 6.45) is 7.72. The number of aromatic nitrogens is 1. The maximum absolute atomic E-state index is 12.4. The van der Waals surface area contributed by atoms with Crippen molar-refractivity contribution in [1.82, 2.24) is 10.5 Å². The van der Waals surface area contributed by atoms with Crippen molar-refractivity contribution in [2.45, 2.75) is 56.9 Å². The maximum atomic E-state index is 12.4. The van der Waals surface area contributed by atoms with Gasteiger partial charge in [0.2, 0.25) is 0 Å². The summed E-state index contributed by atoms with van der Waals surface area (Å²) < 4.78 is 5.27. The largest absolute Gasteiger partial charge is 0.394 e. The van der Waals surface area contributed by atoms with Crippen LogP contribution in [0, 0.1) is 0 Å². The predicted octanol–water partition coefficient (Wildman–Crippen LogP) is 1.59. The van der Waals surface area contributed by atoms with Crippen LogP contribution in [0.15, 0.2) is 4.52 Å². The Morgan fingerprint density at radius 2 is 2.00 bits per heavy atom. The number of nitrogens with one attached hydrogen (secondary N) is 1. The van der Waals surface area contributed by atoms with Gasteiger partial charge in [0.1, 0.15) is 5.76 Å². The molecule has 0 saturated heterocycles. The van der Waals surface area contributed by atoms with Gasteiger partial charge in [0.15, 0.2) is 5.69 Å². The van der Waals surface area contributed by atoms with Crippen LogP contribution in [0.25, 0.3) is 0 Å². The second kappa shape index (κ2) is 4.96. The van der Waals surface area contributed by atoms with E-state index in [-0.39, 0.29) is 12.5 Å². The van der Waals surface area contributed by atoms with Crippen LogP contribution >= 0.6 is 0 Å². The summed E-state index contributed by atoms with van der Waals surface area (Å²) in [5, 5.41) is 16.5. The molecule has 0 bridgehead atoms. The zero-order valence-corrected chi connectivity index (χ0v) is 11.1. The van der Waals surface area contributed by atoms with Crippen molar-refractivity contribution >= 4 is 5.91 Å². The molecule has 3 rings (SSSR count). The highest BCUT2D eigenvalue weighted by Gasteiger charge is 2.36. The molecule has 1 amide bonds. The molecule has 1 heterocycles. The van der Waals surface area contributed by atoms with Crippen LogP contribution < -0.4 is 5.32 Å². The highest BCUT2D eigenvalue weighted by molar-refractivity contribution is 5.94. The third-order valence-corrected chi connectivity index (χ3v) is 4.41. The van der Waals surface area contributed by atoms with Crippen molar-refractivity contribution < 1.29 is 14.4 Å². The number of hydrogen-bond donors (Lipinski definition) is 2. The summed E-state index contributed by atoms with van der Waals surface area (Å²) in [4.78, 5) is 12.4. The Labute approximate surface area is 112 Å². The molecule has 1 aromatic rings. The molecule has 1 aromatic heterocycles. The number of aliphatic hydroxyl groups excluding tert-OH is 1. The molecule has 0 radical (unpaired) electrons. The standard InChI is InChI=1S/C14H20N2O3/c17-9-14(7-3-4-8-14)15-13(18)12-10-5-1-2-6-11(10)19-16-12/h17H,1-9H2,(H,15,18). The number of hydrogen-bond acceptors (Lipinski definition) is 4. The number of fused-ring (bicyclic) bond motifs is 1. The van der Waals surface area contributed by atoms with Crippen molar-refractivity contribution in [2.24, 2.45) is 0 Å². The van der Waals surface area contributed by atoms with Crippen molar-refractivity contribution in [3.63, 3.8) is 0 Å². The van der Waals surface area contributed by atoms with Crippen molar-refractivity contribution in [1.29, 1.82) is 0 Å². The molecule has 2 N–H and O–H groups in total. The van der Waals surface area contributed by atoms with E-state index in [0.29, 0.717) is 5.69 Å². The summed E-state index contributed by atoms with van der Waals surface area (Å²) in [5.74, 6) is 0.670. The van der Waals surface area contributed by atoms with Crippen LogP contribution in [0.4, 0.5) is 0 Å². The molecule has 104 valence electrons. The van der Waals surface area contributed by atoms with Gasteiger partial charge in [-0.25, -0.2) is 0 Å². The van der Waals surface area contributed by atoms with Gasteiger partial charge in [-0.3, -0.25) is 4.79 Å². The Hall–Kier alpha value is -1.36. The van der Waals surface area contributed by atoms with E-state index in [1.54, 1.807) is 0 Å². The highest BCUT2D eigenvalue weighted by Crippen LogP contribution is 2.30. The molecular weight excluding hydrogens is 244 g/mol. The predicted molar refractivity (Wildman–Crippen MR) is 68.9 cm³/mol. The molecule has 0 unspecified atom stereocenters. The number of aliphatic hydroxyl groups is 1. The van der Waals surface area contributed by atoms with Gasteiger partial charge < -0.3 is 14.9 Å². The minimum absolute atomic E-state index is 0.00121. The minimum Gasteiger partial charge on any atom is -0.394 e. The lowest BCUT2D eigenvalue weighted by atomic mass is 9.95. The van der Waals surface area contributed by atoms with Crippen LogP contribution in [-0.2, 0) is 12.8 Å². The molecule has 0 aliphatic heterocycles. The summed E-state index contributed by atoms with van der Waals surface area (Å²) in [5.41, 5.74) is 0.946. The third-order valence-electron chi connectivity index (χ3n) is 4.41. The summed E-state index contributed by atoms with van der Waals surface area (Å²) in [6.45, 7) is -0.00121. The minimum atomic E-state index is -0.447. The quantitative estimate of drug-likeness (QED) is 0.869. The van der Waals surface area contributed by atoms with Gasteiger partial charge >= 0.3 is 0 Å². The van der Waals surface area contributed by atoms with Crippen LogP contribution in [0.3, 0.4) is 0 Å². The number of carbonyl (C=O) groups is 1. The SMILES string of the molecule is O=C(NC1(CO)CCCC1)c1noc2c1CCCC2. The van der Waals surface area contributed by atoms with Crippen LogP contribution in [0.5, 0.6) is 0 Å². The Morgan fingerprint density at radius 3 is 2.74 bits per heavy atom. The molecule has 1 fully saturated rings. The van der Waals surface area contributed by atoms with E-state index in [1.165, 1.54) is 0 Å². The molecule has 5 nitrogen and oxygen atoms in total. The Morgan fingerprint density at radius 1 is 1.26 bits per heavy atom. The van der Waals surface area contributed by atoms with Gasteiger partial charge in [0.25, 0.3) is 5.91 Å². The smallest absolute Gasteiger partial charge is 0.274 e. The summed E-state index contributed by atoms with van der Waals surface area (Å²) in [7, 11) is 0. The van der Waals surface area contributed by atoms with Crippen molar-refractivity contribution in [3.05, 3.63) is 17.0 Å². The van der Waals surface area contributed by atoms with Gasteiger partial charge in [-0.2, -0.15) is 0 Å². The third kappa shape index (κ3) is 2.27. The molecule has 1 saturated carbocycles. The van der Waals surface area contributed by atoms with E-state index in [2.05, 4.69) is 10.5 Å². The van der Waals surface area contributed by atoms with E-state index in [9.17, 15) is 9.90 Å². The van der Waals surface area contributed by atoms with Gasteiger partial charge in [-0.15, -0.1) is 0 Å². The topological polar surface area (TPSA) is 75.4 Å².